The van der Waals surface area contributed by atoms with E-state index >= 15 is 0 Å². The van der Waals surface area contributed by atoms with Gasteiger partial charge in [-0.2, -0.15) is 13.7 Å². The second-order valence-electron chi connectivity index (χ2n) is 3.60. The highest BCUT2D eigenvalue weighted by Crippen LogP contribution is 2.32. The smallest absolute Gasteiger partial charge is 0.222 e. The molecule has 0 unspecified atom stereocenters. The normalized spacial score (nSPS) is 10.8. The zero-order valence-electron chi connectivity index (χ0n) is 9.26. The first-order chi connectivity index (χ1) is 9.15. The average molecular weight is 297 g/mol. The minimum absolute atomic E-state index is 0.0383. The highest BCUT2D eigenvalue weighted by atomic mass is 35.5. The van der Waals surface area contributed by atoms with Crippen molar-refractivity contribution in [1.29, 1.82) is 0 Å². The van der Waals surface area contributed by atoms with Crippen molar-refractivity contribution in [3.05, 3.63) is 29.2 Å². The summed E-state index contributed by atoms with van der Waals surface area (Å²) in [7, 11) is 0. The molecule has 96 valence electrons. The predicted octanol–water partition coefficient (Wildman–Crippen LogP) is 2.60. The molecule has 19 heavy (non-hydrogen) atoms. The molecule has 0 atom stereocenters. The molecule has 0 amide bonds. The summed E-state index contributed by atoms with van der Waals surface area (Å²) in [6, 6.07) is 3.38. The third-order valence-corrected chi connectivity index (χ3v) is 3.24. The fraction of sp³-hybridized carbons (Fsp3) is 0. The lowest BCUT2D eigenvalue weighted by Crippen LogP contribution is -2.03. The van der Waals surface area contributed by atoms with Gasteiger partial charge in [-0.3, -0.25) is 0 Å². The zero-order valence-corrected chi connectivity index (χ0v) is 10.8. The van der Waals surface area contributed by atoms with Crippen LogP contribution in [0.1, 0.15) is 0 Å². The maximum atomic E-state index is 13.6. The Morgan fingerprint density at radius 3 is 3.00 bits per heavy atom. The molecule has 9 heteroatoms. The summed E-state index contributed by atoms with van der Waals surface area (Å²) in [6.07, 6.45) is 0.984. The molecule has 0 radical (unpaired) electrons. The summed E-state index contributed by atoms with van der Waals surface area (Å²) < 4.78 is 21.8. The van der Waals surface area contributed by atoms with Crippen LogP contribution in [0.5, 0.6) is 0 Å². The lowest BCUT2D eigenvalue weighted by Gasteiger charge is -2.08. The number of fused-ring (bicyclic) bond motifs is 1. The van der Waals surface area contributed by atoms with E-state index in [1.54, 1.807) is 12.1 Å². The van der Waals surface area contributed by atoms with E-state index in [-0.39, 0.29) is 11.8 Å². The molecule has 3 rings (SSSR count). The molecule has 2 aromatic heterocycles. The van der Waals surface area contributed by atoms with Crippen molar-refractivity contribution >= 4 is 51.8 Å². The Morgan fingerprint density at radius 1 is 1.32 bits per heavy atom. The predicted molar refractivity (Wildman–Crippen MR) is 72.1 cm³/mol. The largest absolute Gasteiger partial charge is 0.368 e. The van der Waals surface area contributed by atoms with E-state index in [9.17, 15) is 4.39 Å². The van der Waals surface area contributed by atoms with Gasteiger partial charge >= 0.3 is 0 Å². The molecular weight excluding hydrogens is 291 g/mol. The molecule has 0 saturated carbocycles. The van der Waals surface area contributed by atoms with Crippen LogP contribution in [0.25, 0.3) is 11.0 Å². The standard InChI is InChI=1S/C10H6ClFN6S/c11-4-1-2-6-8(18-19-17-6)7(4)15-9-5(12)3-14-10(13)16-9/h1-3H,(H3,13,14,15,16). The van der Waals surface area contributed by atoms with Crippen LogP contribution < -0.4 is 11.1 Å². The Morgan fingerprint density at radius 2 is 2.16 bits per heavy atom. The quantitative estimate of drug-likeness (QED) is 0.755. The first kappa shape index (κ1) is 12.0. The number of nitrogens with two attached hydrogens (primary N) is 1. The van der Waals surface area contributed by atoms with Crippen LogP contribution in [-0.4, -0.2) is 18.7 Å². The molecule has 1 aromatic carbocycles. The van der Waals surface area contributed by atoms with Gasteiger partial charge in [0, 0.05) is 0 Å². The molecule has 3 N–H and O–H groups in total. The van der Waals surface area contributed by atoms with Crippen molar-refractivity contribution in [2.75, 3.05) is 11.1 Å². The highest BCUT2D eigenvalue weighted by molar-refractivity contribution is 7.00. The Balaban J connectivity index is 2.12. The van der Waals surface area contributed by atoms with E-state index in [4.69, 9.17) is 17.3 Å². The first-order valence-corrected chi connectivity index (χ1v) is 6.22. The summed E-state index contributed by atoms with van der Waals surface area (Å²) in [5, 5.41) is 3.16. The SMILES string of the molecule is Nc1ncc(F)c(Nc2c(Cl)ccc3nsnc23)n1. The van der Waals surface area contributed by atoms with Gasteiger partial charge in [0.25, 0.3) is 0 Å². The molecule has 3 aromatic rings. The Hall–Kier alpha value is -2.06. The van der Waals surface area contributed by atoms with Gasteiger partial charge in [0.05, 0.1) is 28.6 Å². The van der Waals surface area contributed by atoms with Crippen molar-refractivity contribution in [3.8, 4) is 0 Å². The molecule has 0 aliphatic heterocycles. The summed E-state index contributed by atoms with van der Waals surface area (Å²) in [5.74, 6) is -0.732. The van der Waals surface area contributed by atoms with E-state index < -0.39 is 5.82 Å². The second kappa shape index (κ2) is 4.56. The van der Waals surface area contributed by atoms with E-state index in [1.807, 2.05) is 0 Å². The van der Waals surface area contributed by atoms with Crippen LogP contribution in [0, 0.1) is 5.82 Å². The number of anilines is 3. The maximum absolute atomic E-state index is 13.6. The van der Waals surface area contributed by atoms with Crippen LogP contribution in [0.4, 0.5) is 21.8 Å². The number of hydrogen-bond acceptors (Lipinski definition) is 7. The number of nitrogens with zero attached hydrogens (tertiary/aromatic N) is 4. The van der Waals surface area contributed by atoms with Gasteiger partial charge in [0.1, 0.15) is 11.0 Å². The van der Waals surface area contributed by atoms with E-state index in [2.05, 4.69) is 24.0 Å². The number of hydrogen-bond donors (Lipinski definition) is 2. The highest BCUT2D eigenvalue weighted by Gasteiger charge is 2.13. The van der Waals surface area contributed by atoms with Crippen molar-refractivity contribution in [2.24, 2.45) is 0 Å². The van der Waals surface area contributed by atoms with Gasteiger partial charge in [-0.05, 0) is 12.1 Å². The molecule has 0 fully saturated rings. The van der Waals surface area contributed by atoms with E-state index in [0.29, 0.717) is 21.7 Å². The molecule has 0 aliphatic rings. The third kappa shape index (κ3) is 2.15. The van der Waals surface area contributed by atoms with E-state index in [1.165, 1.54) is 0 Å². The van der Waals surface area contributed by atoms with Crippen LogP contribution >= 0.6 is 23.3 Å². The Labute approximate surface area is 115 Å². The lowest BCUT2D eigenvalue weighted by molar-refractivity contribution is 0.620. The zero-order chi connectivity index (χ0) is 13.4. The number of benzene rings is 1. The summed E-state index contributed by atoms with van der Waals surface area (Å²) in [4.78, 5) is 7.33. The third-order valence-electron chi connectivity index (χ3n) is 2.38. The number of nitrogens with one attached hydrogen (secondary N) is 1. The van der Waals surface area contributed by atoms with Crippen molar-refractivity contribution in [1.82, 2.24) is 18.7 Å². The number of aromatic nitrogens is 4. The number of halogens is 2. The van der Waals surface area contributed by atoms with Crippen LogP contribution in [-0.2, 0) is 0 Å². The molecule has 6 nitrogen and oxygen atoms in total. The summed E-state index contributed by atoms with van der Waals surface area (Å²) in [6.45, 7) is 0. The molecule has 0 bridgehead atoms. The van der Waals surface area contributed by atoms with Crippen molar-refractivity contribution < 1.29 is 4.39 Å². The van der Waals surface area contributed by atoms with Crippen LogP contribution in [0.2, 0.25) is 5.02 Å². The van der Waals surface area contributed by atoms with Gasteiger partial charge in [0.15, 0.2) is 11.6 Å². The molecule has 0 saturated heterocycles. The van der Waals surface area contributed by atoms with Gasteiger partial charge in [-0.1, -0.05) is 11.6 Å². The monoisotopic (exact) mass is 296 g/mol. The maximum Gasteiger partial charge on any atom is 0.222 e. The van der Waals surface area contributed by atoms with E-state index in [0.717, 1.165) is 17.9 Å². The molecule has 0 spiro atoms. The number of rotatable bonds is 2. The van der Waals surface area contributed by atoms with Gasteiger partial charge in [0.2, 0.25) is 5.95 Å². The average Bonchev–Trinajstić information content (AvgIpc) is 2.85. The Kier molecular flexibility index (Phi) is 2.88. The fourth-order valence-corrected chi connectivity index (χ4v) is 2.27. The topological polar surface area (TPSA) is 89.6 Å². The second-order valence-corrected chi connectivity index (χ2v) is 4.54. The van der Waals surface area contributed by atoms with Gasteiger partial charge in [-0.15, -0.1) is 0 Å². The van der Waals surface area contributed by atoms with Gasteiger partial charge in [-0.25, -0.2) is 9.37 Å². The molecular formula is C10H6ClFN6S. The van der Waals surface area contributed by atoms with Crippen LogP contribution in [0.3, 0.4) is 0 Å². The summed E-state index contributed by atoms with van der Waals surface area (Å²) >= 11 is 7.12. The number of nitrogen functional groups attached to an aromatic ring is 1. The van der Waals surface area contributed by atoms with Crippen molar-refractivity contribution in [2.45, 2.75) is 0 Å². The van der Waals surface area contributed by atoms with Gasteiger partial charge < -0.3 is 11.1 Å². The summed E-state index contributed by atoms with van der Waals surface area (Å²) in [5.41, 5.74) is 7.08. The first-order valence-electron chi connectivity index (χ1n) is 5.11. The minimum Gasteiger partial charge on any atom is -0.368 e. The fourth-order valence-electron chi connectivity index (χ4n) is 1.53. The van der Waals surface area contributed by atoms with Crippen molar-refractivity contribution in [3.63, 3.8) is 0 Å². The Bertz CT molecular complexity index is 761. The lowest BCUT2D eigenvalue weighted by atomic mass is 10.2. The molecule has 2 heterocycles. The minimum atomic E-state index is -0.634. The molecule has 0 aliphatic carbocycles. The van der Waals surface area contributed by atoms with Crippen LogP contribution in [0.15, 0.2) is 18.3 Å².